The number of rotatable bonds is 4. The highest BCUT2D eigenvalue weighted by atomic mass is 32.1. The Balaban J connectivity index is 1.72. The van der Waals surface area contributed by atoms with Gasteiger partial charge in [0.25, 0.3) is 5.91 Å². The van der Waals surface area contributed by atoms with Crippen molar-refractivity contribution >= 4 is 17.2 Å². The van der Waals surface area contributed by atoms with E-state index in [2.05, 4.69) is 27.0 Å². The Morgan fingerprint density at radius 2 is 2.35 bits per heavy atom. The molecule has 1 aliphatic rings. The maximum atomic E-state index is 12.2. The topological polar surface area (TPSA) is 59.8 Å². The maximum absolute atomic E-state index is 12.2. The number of aromatic nitrogens is 3. The van der Waals surface area contributed by atoms with Gasteiger partial charge in [0.2, 0.25) is 0 Å². The predicted octanol–water partition coefficient (Wildman–Crippen LogP) is 2.34. The van der Waals surface area contributed by atoms with Crippen molar-refractivity contribution in [2.75, 3.05) is 0 Å². The second-order valence-electron chi connectivity index (χ2n) is 5.04. The zero-order chi connectivity index (χ0) is 14.1. The quantitative estimate of drug-likeness (QED) is 0.940. The molecule has 0 radical (unpaired) electrons. The third-order valence-corrected chi connectivity index (χ3v) is 4.84. The Hall–Kier alpha value is -1.69. The van der Waals surface area contributed by atoms with Gasteiger partial charge in [-0.15, -0.1) is 21.5 Å². The standard InChI is InChI=1S/C14H18N4OS/c1-3-10-6-7-11(20-10)14(19)15-9(2)13-17-16-12-5-4-8-18(12)13/h6-7,9H,3-5,8H2,1-2H3,(H,15,19)/t9-/m0/s1. The number of aryl methyl sites for hydroxylation is 2. The minimum Gasteiger partial charge on any atom is -0.342 e. The maximum Gasteiger partial charge on any atom is 0.261 e. The highest BCUT2D eigenvalue weighted by molar-refractivity contribution is 7.14. The Bertz CT molecular complexity index is 631. The SMILES string of the molecule is CCc1ccc(C(=O)N[C@@H](C)c2nnc3n2CCC3)s1. The molecule has 0 unspecified atom stereocenters. The molecule has 1 N–H and O–H groups in total. The number of carbonyl (C=O) groups excluding carboxylic acids is 1. The largest absolute Gasteiger partial charge is 0.342 e. The number of nitrogens with one attached hydrogen (secondary N) is 1. The lowest BCUT2D eigenvalue weighted by atomic mass is 10.3. The second kappa shape index (κ2) is 5.36. The molecule has 3 rings (SSSR count). The van der Waals surface area contributed by atoms with Crippen molar-refractivity contribution in [3.8, 4) is 0 Å². The van der Waals surface area contributed by atoms with Gasteiger partial charge in [-0.05, 0) is 31.9 Å². The van der Waals surface area contributed by atoms with Crippen molar-refractivity contribution < 1.29 is 4.79 Å². The summed E-state index contributed by atoms with van der Waals surface area (Å²) in [6.07, 6.45) is 3.06. The van der Waals surface area contributed by atoms with E-state index in [1.54, 1.807) is 11.3 Å². The van der Waals surface area contributed by atoms with Crippen molar-refractivity contribution in [3.05, 3.63) is 33.5 Å². The van der Waals surface area contributed by atoms with Crippen molar-refractivity contribution in [2.24, 2.45) is 0 Å². The van der Waals surface area contributed by atoms with Gasteiger partial charge in [0.05, 0.1) is 10.9 Å². The first-order valence-corrected chi connectivity index (χ1v) is 7.82. The van der Waals surface area contributed by atoms with Crippen LogP contribution in [0.15, 0.2) is 12.1 Å². The van der Waals surface area contributed by atoms with Crippen LogP contribution in [0, 0.1) is 0 Å². The molecule has 6 heteroatoms. The molecule has 0 aromatic carbocycles. The van der Waals surface area contributed by atoms with Gasteiger partial charge < -0.3 is 9.88 Å². The summed E-state index contributed by atoms with van der Waals surface area (Å²) in [5.41, 5.74) is 0. The Labute approximate surface area is 122 Å². The van der Waals surface area contributed by atoms with Crippen molar-refractivity contribution in [3.63, 3.8) is 0 Å². The Morgan fingerprint density at radius 1 is 1.50 bits per heavy atom. The van der Waals surface area contributed by atoms with Gasteiger partial charge in [0.15, 0.2) is 5.82 Å². The van der Waals surface area contributed by atoms with E-state index in [-0.39, 0.29) is 11.9 Å². The first-order valence-electron chi connectivity index (χ1n) is 7.00. The predicted molar refractivity (Wildman–Crippen MR) is 77.9 cm³/mol. The van der Waals surface area contributed by atoms with Gasteiger partial charge >= 0.3 is 0 Å². The summed E-state index contributed by atoms with van der Waals surface area (Å²) >= 11 is 1.55. The van der Waals surface area contributed by atoms with E-state index in [0.717, 1.165) is 42.3 Å². The number of thiophene rings is 1. The number of carbonyl (C=O) groups is 1. The van der Waals surface area contributed by atoms with Gasteiger partial charge in [-0.3, -0.25) is 4.79 Å². The molecule has 3 heterocycles. The molecule has 0 spiro atoms. The Morgan fingerprint density at radius 3 is 3.10 bits per heavy atom. The van der Waals surface area contributed by atoms with E-state index in [4.69, 9.17) is 0 Å². The third-order valence-electron chi connectivity index (χ3n) is 3.61. The van der Waals surface area contributed by atoms with Crippen molar-refractivity contribution in [2.45, 2.75) is 45.7 Å². The molecule has 0 saturated heterocycles. The van der Waals surface area contributed by atoms with E-state index >= 15 is 0 Å². The fraction of sp³-hybridized carbons (Fsp3) is 0.500. The highest BCUT2D eigenvalue weighted by Gasteiger charge is 2.23. The van der Waals surface area contributed by atoms with E-state index < -0.39 is 0 Å². The molecule has 20 heavy (non-hydrogen) atoms. The molecule has 0 fully saturated rings. The van der Waals surface area contributed by atoms with E-state index in [1.165, 1.54) is 4.88 Å². The molecule has 106 valence electrons. The van der Waals surface area contributed by atoms with Crippen LogP contribution in [-0.4, -0.2) is 20.7 Å². The minimum atomic E-state index is -0.117. The van der Waals surface area contributed by atoms with Crippen LogP contribution in [0.4, 0.5) is 0 Å². The second-order valence-corrected chi connectivity index (χ2v) is 6.21. The number of hydrogen-bond acceptors (Lipinski definition) is 4. The zero-order valence-corrected chi connectivity index (χ0v) is 12.5. The molecule has 5 nitrogen and oxygen atoms in total. The van der Waals surface area contributed by atoms with Gasteiger partial charge in [-0.2, -0.15) is 0 Å². The molecule has 2 aromatic heterocycles. The first kappa shape index (κ1) is 13.3. The van der Waals surface area contributed by atoms with Crippen LogP contribution in [0.2, 0.25) is 0 Å². The number of amides is 1. The van der Waals surface area contributed by atoms with Crippen LogP contribution in [-0.2, 0) is 19.4 Å². The van der Waals surface area contributed by atoms with E-state index in [0.29, 0.717) is 0 Å². The first-order chi connectivity index (χ1) is 9.69. The van der Waals surface area contributed by atoms with Crippen LogP contribution in [0.5, 0.6) is 0 Å². The average Bonchev–Trinajstić information content (AvgIpc) is 3.14. The smallest absolute Gasteiger partial charge is 0.261 e. The molecular weight excluding hydrogens is 272 g/mol. The molecule has 1 atom stereocenters. The molecule has 1 aliphatic heterocycles. The number of nitrogens with zero attached hydrogens (tertiary/aromatic N) is 3. The Kier molecular flexibility index (Phi) is 3.56. The molecule has 0 bridgehead atoms. The third kappa shape index (κ3) is 2.35. The number of hydrogen-bond donors (Lipinski definition) is 1. The summed E-state index contributed by atoms with van der Waals surface area (Å²) in [5.74, 6) is 1.86. The minimum absolute atomic E-state index is 0.0300. The summed E-state index contributed by atoms with van der Waals surface area (Å²) in [6, 6.07) is 3.78. The lowest BCUT2D eigenvalue weighted by Gasteiger charge is -2.13. The molecule has 1 amide bonds. The van der Waals surface area contributed by atoms with Gasteiger partial charge in [-0.1, -0.05) is 6.92 Å². The monoisotopic (exact) mass is 290 g/mol. The summed E-state index contributed by atoms with van der Waals surface area (Å²) in [4.78, 5) is 14.2. The normalized spacial score (nSPS) is 15.1. The van der Waals surface area contributed by atoms with Gasteiger partial charge in [0.1, 0.15) is 5.82 Å². The van der Waals surface area contributed by atoms with Crippen LogP contribution >= 0.6 is 11.3 Å². The fourth-order valence-electron chi connectivity index (χ4n) is 2.52. The highest BCUT2D eigenvalue weighted by Crippen LogP contribution is 2.21. The summed E-state index contributed by atoms with van der Waals surface area (Å²) in [5, 5.41) is 11.4. The van der Waals surface area contributed by atoms with Gasteiger partial charge in [-0.25, -0.2) is 0 Å². The summed E-state index contributed by atoms with van der Waals surface area (Å²) in [7, 11) is 0. The van der Waals surface area contributed by atoms with E-state index in [1.807, 2.05) is 19.1 Å². The lowest BCUT2D eigenvalue weighted by molar-refractivity contribution is 0.0941. The van der Waals surface area contributed by atoms with E-state index in [9.17, 15) is 4.79 Å². The van der Waals surface area contributed by atoms with Crippen LogP contribution < -0.4 is 5.32 Å². The molecule has 2 aromatic rings. The van der Waals surface area contributed by atoms with Crippen LogP contribution in [0.1, 0.15) is 52.5 Å². The average molecular weight is 290 g/mol. The van der Waals surface area contributed by atoms with Crippen LogP contribution in [0.3, 0.4) is 0 Å². The molecule has 0 aliphatic carbocycles. The molecular formula is C14H18N4OS. The zero-order valence-electron chi connectivity index (χ0n) is 11.7. The van der Waals surface area contributed by atoms with Gasteiger partial charge in [0, 0.05) is 17.8 Å². The van der Waals surface area contributed by atoms with Crippen molar-refractivity contribution in [1.29, 1.82) is 0 Å². The fourth-order valence-corrected chi connectivity index (χ4v) is 3.37. The van der Waals surface area contributed by atoms with Crippen LogP contribution in [0.25, 0.3) is 0 Å². The number of fused-ring (bicyclic) bond motifs is 1. The summed E-state index contributed by atoms with van der Waals surface area (Å²) in [6.45, 7) is 5.01. The summed E-state index contributed by atoms with van der Waals surface area (Å²) < 4.78 is 2.12. The lowest BCUT2D eigenvalue weighted by Crippen LogP contribution is -2.28. The van der Waals surface area contributed by atoms with Crippen molar-refractivity contribution in [1.82, 2.24) is 20.1 Å². The molecule has 0 saturated carbocycles.